The lowest BCUT2D eigenvalue weighted by Crippen LogP contribution is -2.09. The molecule has 1 aromatic heterocycles. The molecule has 0 amide bonds. The van der Waals surface area contributed by atoms with Crippen LogP contribution in [0.4, 0.5) is 10.8 Å². The van der Waals surface area contributed by atoms with Crippen molar-refractivity contribution in [3.63, 3.8) is 0 Å². The van der Waals surface area contributed by atoms with E-state index in [2.05, 4.69) is 10.3 Å². The lowest BCUT2D eigenvalue weighted by Gasteiger charge is -2.11. The number of nitro benzene ring substituents is 1. The lowest BCUT2D eigenvalue weighted by molar-refractivity contribution is -0.384. The van der Waals surface area contributed by atoms with Gasteiger partial charge in [0, 0.05) is 28.6 Å². The van der Waals surface area contributed by atoms with Crippen molar-refractivity contribution in [1.82, 2.24) is 4.98 Å². The van der Waals surface area contributed by atoms with Crippen molar-refractivity contribution in [1.29, 1.82) is 0 Å². The van der Waals surface area contributed by atoms with Crippen LogP contribution in [0.1, 0.15) is 22.1 Å². The molecule has 1 atom stereocenters. The van der Waals surface area contributed by atoms with Crippen LogP contribution in [0.15, 0.2) is 53.9 Å². The van der Waals surface area contributed by atoms with Crippen molar-refractivity contribution in [3.05, 3.63) is 75.2 Å². The molecule has 2 aromatic carbocycles. The Morgan fingerprint density at radius 2 is 2.04 bits per heavy atom. The van der Waals surface area contributed by atoms with E-state index in [-0.39, 0.29) is 11.7 Å². The number of aromatic nitrogens is 1. The van der Waals surface area contributed by atoms with Crippen LogP contribution in [0.3, 0.4) is 0 Å². The molecule has 0 aliphatic carbocycles. The summed E-state index contributed by atoms with van der Waals surface area (Å²) in [6.07, 6.45) is -0.590. The van der Waals surface area contributed by atoms with Crippen LogP contribution < -0.4 is 5.32 Å². The van der Waals surface area contributed by atoms with Crippen LogP contribution in [0.25, 0.3) is 11.3 Å². The SMILES string of the molecule is O=C1OC(Nc2nc(-c3cccc([N+](=O)[O-])c3)cs2)c2ccccc21. The van der Waals surface area contributed by atoms with Gasteiger partial charge in [-0.25, -0.2) is 9.78 Å². The van der Waals surface area contributed by atoms with E-state index in [9.17, 15) is 14.9 Å². The molecule has 1 aliphatic heterocycles. The molecule has 0 fully saturated rings. The third kappa shape index (κ3) is 2.83. The summed E-state index contributed by atoms with van der Waals surface area (Å²) in [4.78, 5) is 26.7. The Labute approximate surface area is 146 Å². The number of nitrogens with zero attached hydrogens (tertiary/aromatic N) is 2. The first-order valence-electron chi connectivity index (χ1n) is 7.38. The molecule has 3 aromatic rings. The maximum absolute atomic E-state index is 11.9. The predicted molar refractivity (Wildman–Crippen MR) is 92.4 cm³/mol. The fourth-order valence-corrected chi connectivity index (χ4v) is 3.35. The Kier molecular flexibility index (Phi) is 3.66. The van der Waals surface area contributed by atoms with E-state index in [4.69, 9.17) is 4.74 Å². The maximum Gasteiger partial charge on any atom is 0.340 e. The second-order valence-corrected chi connectivity index (χ2v) is 6.22. The van der Waals surface area contributed by atoms with Crippen molar-refractivity contribution in [2.45, 2.75) is 6.23 Å². The summed E-state index contributed by atoms with van der Waals surface area (Å²) >= 11 is 1.34. The monoisotopic (exact) mass is 353 g/mol. The maximum atomic E-state index is 11.9. The van der Waals surface area contributed by atoms with Gasteiger partial charge in [0.1, 0.15) is 0 Å². The van der Waals surface area contributed by atoms with E-state index in [0.717, 1.165) is 5.56 Å². The average Bonchev–Trinajstić information content (AvgIpc) is 3.21. The molecule has 2 heterocycles. The van der Waals surface area contributed by atoms with Gasteiger partial charge in [0.15, 0.2) is 5.13 Å². The zero-order chi connectivity index (χ0) is 17.4. The first-order chi connectivity index (χ1) is 12.1. The van der Waals surface area contributed by atoms with Crippen LogP contribution >= 0.6 is 11.3 Å². The number of carbonyl (C=O) groups is 1. The van der Waals surface area contributed by atoms with Gasteiger partial charge in [-0.3, -0.25) is 10.1 Å². The zero-order valence-corrected chi connectivity index (χ0v) is 13.5. The number of rotatable bonds is 4. The van der Waals surface area contributed by atoms with Crippen molar-refractivity contribution in [3.8, 4) is 11.3 Å². The highest BCUT2D eigenvalue weighted by Crippen LogP contribution is 2.34. The minimum Gasteiger partial charge on any atom is -0.434 e. The highest BCUT2D eigenvalue weighted by atomic mass is 32.1. The molecule has 1 unspecified atom stereocenters. The molecule has 1 N–H and O–H groups in total. The van der Waals surface area contributed by atoms with E-state index in [1.54, 1.807) is 29.6 Å². The Hall–Kier alpha value is -3.26. The normalized spacial score (nSPS) is 15.5. The third-order valence-corrected chi connectivity index (χ3v) is 4.57. The van der Waals surface area contributed by atoms with Gasteiger partial charge in [0.05, 0.1) is 16.2 Å². The number of ether oxygens (including phenoxy) is 1. The summed E-state index contributed by atoms with van der Waals surface area (Å²) in [7, 11) is 0. The fourth-order valence-electron chi connectivity index (χ4n) is 2.62. The van der Waals surface area contributed by atoms with E-state index >= 15 is 0 Å². The zero-order valence-electron chi connectivity index (χ0n) is 12.7. The van der Waals surface area contributed by atoms with Gasteiger partial charge in [0.25, 0.3) is 5.69 Å². The quantitative estimate of drug-likeness (QED) is 0.433. The van der Waals surface area contributed by atoms with Gasteiger partial charge in [-0.15, -0.1) is 11.3 Å². The Balaban J connectivity index is 1.58. The van der Waals surface area contributed by atoms with Crippen molar-refractivity contribution < 1.29 is 14.5 Å². The van der Waals surface area contributed by atoms with Gasteiger partial charge >= 0.3 is 5.97 Å². The number of anilines is 1. The predicted octanol–water partition coefficient (Wildman–Crippen LogP) is 4.00. The molecule has 0 spiro atoms. The Morgan fingerprint density at radius 3 is 2.88 bits per heavy atom. The third-order valence-electron chi connectivity index (χ3n) is 3.80. The number of hydrogen-bond acceptors (Lipinski definition) is 7. The number of thiazole rings is 1. The van der Waals surface area contributed by atoms with Gasteiger partial charge in [-0.1, -0.05) is 30.3 Å². The number of fused-ring (bicyclic) bond motifs is 1. The molecular formula is C17H11N3O4S. The van der Waals surface area contributed by atoms with Gasteiger partial charge < -0.3 is 10.1 Å². The molecule has 124 valence electrons. The smallest absolute Gasteiger partial charge is 0.340 e. The van der Waals surface area contributed by atoms with E-state index < -0.39 is 11.2 Å². The number of non-ortho nitro benzene ring substituents is 1. The molecule has 1 aliphatic rings. The average molecular weight is 353 g/mol. The molecule has 0 radical (unpaired) electrons. The van der Waals surface area contributed by atoms with Gasteiger partial charge in [0.2, 0.25) is 6.23 Å². The minimum absolute atomic E-state index is 0.0126. The van der Waals surface area contributed by atoms with Crippen molar-refractivity contribution >= 4 is 28.1 Å². The first-order valence-corrected chi connectivity index (χ1v) is 8.26. The second kappa shape index (κ2) is 5.99. The molecule has 4 rings (SSSR count). The summed E-state index contributed by atoms with van der Waals surface area (Å²) in [6, 6.07) is 13.5. The van der Waals surface area contributed by atoms with Crippen molar-refractivity contribution in [2.24, 2.45) is 0 Å². The summed E-state index contributed by atoms with van der Waals surface area (Å²) in [5.41, 5.74) is 2.59. The highest BCUT2D eigenvalue weighted by molar-refractivity contribution is 7.14. The minimum atomic E-state index is -0.590. The Morgan fingerprint density at radius 1 is 1.20 bits per heavy atom. The van der Waals surface area contributed by atoms with Crippen molar-refractivity contribution in [2.75, 3.05) is 5.32 Å². The fraction of sp³-hybridized carbons (Fsp3) is 0.0588. The van der Waals surface area contributed by atoms with Crippen LogP contribution in [-0.2, 0) is 4.74 Å². The number of nitro groups is 1. The summed E-state index contributed by atoms with van der Waals surface area (Å²) < 4.78 is 5.33. The number of nitrogens with one attached hydrogen (secondary N) is 1. The van der Waals surface area contributed by atoms with Gasteiger partial charge in [-0.05, 0) is 6.07 Å². The summed E-state index contributed by atoms with van der Waals surface area (Å²) in [5.74, 6) is -0.372. The van der Waals surface area contributed by atoms with E-state index in [1.165, 1.54) is 23.5 Å². The standard InChI is InChI=1S/C17H11N3O4S/c21-16-13-7-2-1-6-12(13)15(24-16)19-17-18-14(9-25-17)10-4-3-5-11(8-10)20(22)23/h1-9,15H,(H,18,19). The largest absolute Gasteiger partial charge is 0.434 e. The molecule has 8 heteroatoms. The number of cyclic esters (lactones) is 1. The molecule has 0 saturated heterocycles. The first kappa shape index (κ1) is 15.3. The van der Waals surface area contributed by atoms with Crippen LogP contribution in [-0.4, -0.2) is 15.9 Å². The van der Waals surface area contributed by atoms with E-state index in [1.807, 2.05) is 12.1 Å². The topological polar surface area (TPSA) is 94.4 Å². The summed E-state index contributed by atoms with van der Waals surface area (Å²) in [5, 5.41) is 16.3. The molecule has 0 bridgehead atoms. The molecule has 7 nitrogen and oxygen atoms in total. The Bertz CT molecular complexity index is 985. The van der Waals surface area contributed by atoms with Gasteiger partial charge in [-0.2, -0.15) is 0 Å². The van der Waals surface area contributed by atoms with Crippen LogP contribution in [0.5, 0.6) is 0 Å². The van der Waals surface area contributed by atoms with Crippen LogP contribution in [0.2, 0.25) is 0 Å². The van der Waals surface area contributed by atoms with Crippen LogP contribution in [0, 0.1) is 10.1 Å². The molecule has 0 saturated carbocycles. The second-order valence-electron chi connectivity index (χ2n) is 5.36. The number of benzene rings is 2. The molecule has 25 heavy (non-hydrogen) atoms. The lowest BCUT2D eigenvalue weighted by atomic mass is 10.1. The van der Waals surface area contributed by atoms with E-state index in [0.29, 0.717) is 22.0 Å². The highest BCUT2D eigenvalue weighted by Gasteiger charge is 2.31. The number of esters is 1. The number of hydrogen-bond donors (Lipinski definition) is 1. The number of carbonyl (C=O) groups excluding carboxylic acids is 1. The molecular weight excluding hydrogens is 342 g/mol. The summed E-state index contributed by atoms with van der Waals surface area (Å²) in [6.45, 7) is 0.